The van der Waals surface area contributed by atoms with Crippen molar-refractivity contribution in [3.05, 3.63) is 28.8 Å². The van der Waals surface area contributed by atoms with Crippen LogP contribution < -0.4 is 4.74 Å². The van der Waals surface area contributed by atoms with Crippen molar-refractivity contribution in [2.24, 2.45) is 0 Å². The summed E-state index contributed by atoms with van der Waals surface area (Å²) in [6.45, 7) is 1.84. The molecule has 0 amide bonds. The molecular formula is C12H14O4. The number of carbonyl (C=O) groups is 2. The van der Waals surface area contributed by atoms with Crippen LogP contribution in [0.3, 0.4) is 0 Å². The lowest BCUT2D eigenvalue weighted by molar-refractivity contribution is -0.139. The van der Waals surface area contributed by atoms with Crippen LogP contribution in [0.5, 0.6) is 5.75 Å². The zero-order valence-electron chi connectivity index (χ0n) is 9.57. The molecule has 0 unspecified atom stereocenters. The Bertz CT molecular complexity index is 410. The number of hydrogen-bond donors (Lipinski definition) is 0. The SMILES string of the molecule is COC(=O)Cc1cc(OC)c(C)cc1C=O. The number of aryl methyl sites for hydroxylation is 1. The largest absolute Gasteiger partial charge is 0.496 e. The predicted molar refractivity (Wildman–Crippen MR) is 58.8 cm³/mol. The molecule has 0 spiro atoms. The quantitative estimate of drug-likeness (QED) is 0.572. The third-order valence-electron chi connectivity index (χ3n) is 2.35. The second-order valence-electron chi connectivity index (χ2n) is 3.39. The molecule has 4 nitrogen and oxygen atoms in total. The molecule has 1 rings (SSSR count). The molecule has 0 atom stereocenters. The number of carbonyl (C=O) groups excluding carboxylic acids is 2. The summed E-state index contributed by atoms with van der Waals surface area (Å²) >= 11 is 0. The number of methoxy groups -OCH3 is 2. The molecular weight excluding hydrogens is 208 g/mol. The van der Waals surface area contributed by atoms with E-state index in [9.17, 15) is 9.59 Å². The average molecular weight is 222 g/mol. The molecule has 0 saturated carbocycles. The summed E-state index contributed by atoms with van der Waals surface area (Å²) in [5.41, 5.74) is 1.96. The van der Waals surface area contributed by atoms with Gasteiger partial charge in [-0.15, -0.1) is 0 Å². The topological polar surface area (TPSA) is 52.6 Å². The van der Waals surface area contributed by atoms with Crippen molar-refractivity contribution in [2.45, 2.75) is 13.3 Å². The fourth-order valence-electron chi connectivity index (χ4n) is 1.46. The van der Waals surface area contributed by atoms with Crippen molar-refractivity contribution in [3.63, 3.8) is 0 Å². The van der Waals surface area contributed by atoms with Gasteiger partial charge in [0.1, 0.15) is 12.0 Å². The molecule has 4 heteroatoms. The van der Waals surface area contributed by atoms with Crippen molar-refractivity contribution in [2.75, 3.05) is 14.2 Å². The molecule has 1 aromatic carbocycles. The second kappa shape index (κ2) is 5.30. The Morgan fingerprint density at radius 2 is 2.06 bits per heavy atom. The summed E-state index contributed by atoms with van der Waals surface area (Å²) in [5.74, 6) is 0.276. The number of rotatable bonds is 4. The first kappa shape index (κ1) is 12.2. The Balaban J connectivity index is 3.14. The van der Waals surface area contributed by atoms with Gasteiger partial charge in [-0.1, -0.05) is 0 Å². The first-order valence-electron chi connectivity index (χ1n) is 4.82. The number of esters is 1. The molecule has 1 aromatic rings. The van der Waals surface area contributed by atoms with Crippen molar-refractivity contribution < 1.29 is 19.1 Å². The molecule has 16 heavy (non-hydrogen) atoms. The first-order chi connectivity index (χ1) is 7.62. The minimum Gasteiger partial charge on any atom is -0.496 e. The highest BCUT2D eigenvalue weighted by molar-refractivity contribution is 5.82. The van der Waals surface area contributed by atoms with Gasteiger partial charge in [0.2, 0.25) is 0 Å². The van der Waals surface area contributed by atoms with E-state index in [2.05, 4.69) is 4.74 Å². The smallest absolute Gasteiger partial charge is 0.310 e. The Morgan fingerprint density at radius 1 is 1.38 bits per heavy atom. The van der Waals surface area contributed by atoms with Crippen molar-refractivity contribution >= 4 is 12.3 Å². The Hall–Kier alpha value is -1.84. The molecule has 0 fully saturated rings. The van der Waals surface area contributed by atoms with Gasteiger partial charge in [-0.25, -0.2) is 0 Å². The molecule has 0 aliphatic carbocycles. The van der Waals surface area contributed by atoms with E-state index >= 15 is 0 Å². The highest BCUT2D eigenvalue weighted by atomic mass is 16.5. The van der Waals surface area contributed by atoms with Gasteiger partial charge < -0.3 is 9.47 Å². The average Bonchev–Trinajstić information content (AvgIpc) is 2.30. The standard InChI is InChI=1S/C12H14O4/c1-8-4-10(7-13)9(5-11(8)15-2)6-12(14)16-3/h4-5,7H,6H2,1-3H3. The number of aldehydes is 1. The lowest BCUT2D eigenvalue weighted by Crippen LogP contribution is -2.07. The van der Waals surface area contributed by atoms with Crippen LogP contribution in [0.25, 0.3) is 0 Å². The van der Waals surface area contributed by atoms with Gasteiger partial charge in [0.25, 0.3) is 0 Å². The maximum absolute atomic E-state index is 11.2. The van der Waals surface area contributed by atoms with Gasteiger partial charge in [-0.3, -0.25) is 9.59 Å². The normalized spacial score (nSPS) is 9.69. The van der Waals surface area contributed by atoms with Crippen LogP contribution in [0.15, 0.2) is 12.1 Å². The maximum Gasteiger partial charge on any atom is 0.310 e. The fourth-order valence-corrected chi connectivity index (χ4v) is 1.46. The van der Waals surface area contributed by atoms with Crippen LogP contribution >= 0.6 is 0 Å². The van der Waals surface area contributed by atoms with Crippen LogP contribution in [0.1, 0.15) is 21.5 Å². The van der Waals surface area contributed by atoms with E-state index in [4.69, 9.17) is 4.74 Å². The number of hydrogen-bond acceptors (Lipinski definition) is 4. The van der Waals surface area contributed by atoms with E-state index < -0.39 is 0 Å². The van der Waals surface area contributed by atoms with Gasteiger partial charge in [0.05, 0.1) is 20.6 Å². The minimum atomic E-state index is -0.381. The lowest BCUT2D eigenvalue weighted by atomic mass is 10.0. The van der Waals surface area contributed by atoms with E-state index in [0.717, 1.165) is 11.8 Å². The summed E-state index contributed by atoms with van der Waals surface area (Å²) in [6, 6.07) is 3.39. The van der Waals surface area contributed by atoms with Gasteiger partial charge in [-0.2, -0.15) is 0 Å². The molecule has 0 heterocycles. The first-order valence-corrected chi connectivity index (χ1v) is 4.82. The van der Waals surface area contributed by atoms with E-state index in [-0.39, 0.29) is 12.4 Å². The van der Waals surface area contributed by atoms with Crippen LogP contribution in [0, 0.1) is 6.92 Å². The highest BCUT2D eigenvalue weighted by Crippen LogP contribution is 2.22. The second-order valence-corrected chi connectivity index (χ2v) is 3.39. The molecule has 0 N–H and O–H groups in total. The Labute approximate surface area is 94.2 Å². The van der Waals surface area contributed by atoms with Crippen LogP contribution in [0.2, 0.25) is 0 Å². The monoisotopic (exact) mass is 222 g/mol. The Morgan fingerprint density at radius 3 is 2.56 bits per heavy atom. The number of ether oxygens (including phenoxy) is 2. The highest BCUT2D eigenvalue weighted by Gasteiger charge is 2.11. The van der Waals surface area contributed by atoms with Gasteiger partial charge in [0, 0.05) is 5.56 Å². The summed E-state index contributed by atoms with van der Waals surface area (Å²) in [6.07, 6.45) is 0.798. The van der Waals surface area contributed by atoms with E-state index in [1.807, 2.05) is 6.92 Å². The lowest BCUT2D eigenvalue weighted by Gasteiger charge is -2.09. The van der Waals surface area contributed by atoms with Crippen LogP contribution in [-0.2, 0) is 16.0 Å². The minimum absolute atomic E-state index is 0.0706. The summed E-state index contributed by atoms with van der Waals surface area (Å²) in [4.78, 5) is 22.0. The van der Waals surface area contributed by atoms with Crippen molar-refractivity contribution in [1.82, 2.24) is 0 Å². The van der Waals surface area contributed by atoms with Crippen molar-refractivity contribution in [3.8, 4) is 5.75 Å². The van der Waals surface area contributed by atoms with E-state index in [1.54, 1.807) is 19.2 Å². The predicted octanol–water partition coefficient (Wildman–Crippen LogP) is 1.53. The van der Waals surface area contributed by atoms with Crippen LogP contribution in [0.4, 0.5) is 0 Å². The van der Waals surface area contributed by atoms with E-state index in [0.29, 0.717) is 16.9 Å². The molecule has 0 saturated heterocycles. The van der Waals surface area contributed by atoms with Crippen LogP contribution in [-0.4, -0.2) is 26.5 Å². The zero-order chi connectivity index (χ0) is 12.1. The third kappa shape index (κ3) is 2.59. The van der Waals surface area contributed by atoms with E-state index in [1.165, 1.54) is 7.11 Å². The summed E-state index contributed by atoms with van der Waals surface area (Å²) < 4.78 is 9.69. The Kier molecular flexibility index (Phi) is 4.05. The molecule has 86 valence electrons. The van der Waals surface area contributed by atoms with Gasteiger partial charge >= 0.3 is 5.97 Å². The van der Waals surface area contributed by atoms with Gasteiger partial charge in [0.15, 0.2) is 0 Å². The van der Waals surface area contributed by atoms with Crippen molar-refractivity contribution in [1.29, 1.82) is 0 Å². The summed E-state index contributed by atoms with van der Waals surface area (Å²) in [7, 11) is 2.86. The molecule has 0 aliphatic rings. The maximum atomic E-state index is 11.2. The third-order valence-corrected chi connectivity index (χ3v) is 2.35. The molecule has 0 aromatic heterocycles. The zero-order valence-corrected chi connectivity index (χ0v) is 9.57. The molecule has 0 aliphatic heterocycles. The van der Waals surface area contributed by atoms with Gasteiger partial charge in [-0.05, 0) is 30.2 Å². The molecule has 0 bridgehead atoms. The number of benzene rings is 1. The summed E-state index contributed by atoms with van der Waals surface area (Å²) in [5, 5.41) is 0. The fraction of sp³-hybridized carbons (Fsp3) is 0.333. The molecule has 0 radical (unpaired) electrons.